The first-order valence-corrected chi connectivity index (χ1v) is 7.80. The maximum atomic E-state index is 12.0. The van der Waals surface area contributed by atoms with Crippen LogP contribution >= 0.6 is 0 Å². The van der Waals surface area contributed by atoms with E-state index in [0.29, 0.717) is 26.1 Å². The monoisotopic (exact) mass is 299 g/mol. The molecule has 0 spiro atoms. The summed E-state index contributed by atoms with van der Waals surface area (Å²) in [4.78, 5) is 25.2. The Morgan fingerprint density at radius 3 is 2.67 bits per heavy atom. The van der Waals surface area contributed by atoms with Crippen LogP contribution in [0, 0.1) is 0 Å². The smallest absolute Gasteiger partial charge is 0.410 e. The average molecular weight is 299 g/mol. The molecule has 1 rings (SSSR count). The highest BCUT2D eigenvalue weighted by molar-refractivity contribution is 5.75. The predicted octanol–water partition coefficient (Wildman–Crippen LogP) is 1.50. The molecule has 2 N–H and O–H groups in total. The highest BCUT2D eigenvalue weighted by atomic mass is 16.6. The van der Waals surface area contributed by atoms with E-state index in [2.05, 4.69) is 10.6 Å². The van der Waals surface area contributed by atoms with Crippen molar-refractivity contribution < 1.29 is 14.3 Å². The van der Waals surface area contributed by atoms with Crippen LogP contribution in [0.2, 0.25) is 0 Å². The van der Waals surface area contributed by atoms with Gasteiger partial charge in [0.05, 0.1) is 0 Å². The summed E-state index contributed by atoms with van der Waals surface area (Å²) in [7, 11) is 0. The van der Waals surface area contributed by atoms with Gasteiger partial charge in [0.25, 0.3) is 0 Å². The van der Waals surface area contributed by atoms with Crippen molar-refractivity contribution in [3.8, 4) is 0 Å². The molecule has 1 aliphatic heterocycles. The highest BCUT2D eigenvalue weighted by Gasteiger charge is 2.27. The Morgan fingerprint density at radius 1 is 1.33 bits per heavy atom. The van der Waals surface area contributed by atoms with Crippen LogP contribution in [-0.2, 0) is 9.53 Å². The third-order valence-corrected chi connectivity index (χ3v) is 3.23. The molecule has 0 aromatic carbocycles. The van der Waals surface area contributed by atoms with Gasteiger partial charge in [0.15, 0.2) is 0 Å². The van der Waals surface area contributed by atoms with Gasteiger partial charge in [-0.1, -0.05) is 0 Å². The van der Waals surface area contributed by atoms with E-state index in [1.165, 1.54) is 0 Å². The molecule has 21 heavy (non-hydrogen) atoms. The Labute approximate surface area is 127 Å². The molecule has 2 amide bonds. The number of hydrogen-bond donors (Lipinski definition) is 2. The Morgan fingerprint density at radius 2 is 2.05 bits per heavy atom. The van der Waals surface area contributed by atoms with E-state index in [-0.39, 0.29) is 18.0 Å². The molecule has 0 saturated carbocycles. The molecule has 1 atom stereocenters. The zero-order valence-corrected chi connectivity index (χ0v) is 13.7. The number of ether oxygens (including phenoxy) is 1. The SMILES string of the molecule is CCNC(=O)CCNC1CCCN(C(=O)OC(C)(C)C)C1. The number of carbonyl (C=O) groups is 2. The summed E-state index contributed by atoms with van der Waals surface area (Å²) in [5.41, 5.74) is -0.463. The van der Waals surface area contributed by atoms with Gasteiger partial charge in [0.2, 0.25) is 5.91 Å². The average Bonchev–Trinajstić information content (AvgIpc) is 2.37. The first-order valence-electron chi connectivity index (χ1n) is 7.80. The maximum Gasteiger partial charge on any atom is 0.410 e. The topological polar surface area (TPSA) is 70.7 Å². The third kappa shape index (κ3) is 7.32. The Bertz CT molecular complexity index is 353. The first kappa shape index (κ1) is 17.8. The minimum absolute atomic E-state index is 0.0600. The Balaban J connectivity index is 2.32. The van der Waals surface area contributed by atoms with Crippen LogP contribution in [0.1, 0.15) is 47.0 Å². The van der Waals surface area contributed by atoms with Crippen molar-refractivity contribution in [1.82, 2.24) is 15.5 Å². The molecular formula is C15H29N3O3. The molecule has 6 nitrogen and oxygen atoms in total. The van der Waals surface area contributed by atoms with Gasteiger partial charge in [-0.15, -0.1) is 0 Å². The molecule has 0 radical (unpaired) electrons. The minimum Gasteiger partial charge on any atom is -0.444 e. The van der Waals surface area contributed by atoms with Crippen molar-refractivity contribution in [2.75, 3.05) is 26.2 Å². The lowest BCUT2D eigenvalue weighted by Gasteiger charge is -2.34. The lowest BCUT2D eigenvalue weighted by Crippen LogP contribution is -2.49. The van der Waals surface area contributed by atoms with Crippen molar-refractivity contribution >= 4 is 12.0 Å². The van der Waals surface area contributed by atoms with Gasteiger partial charge in [-0.3, -0.25) is 4.79 Å². The number of likely N-dealkylation sites (tertiary alicyclic amines) is 1. The van der Waals surface area contributed by atoms with Crippen LogP contribution in [0.4, 0.5) is 4.79 Å². The Hall–Kier alpha value is -1.30. The molecule has 6 heteroatoms. The number of piperidine rings is 1. The molecule has 122 valence electrons. The molecule has 1 unspecified atom stereocenters. The van der Waals surface area contributed by atoms with Crippen LogP contribution in [0.5, 0.6) is 0 Å². The molecule has 1 fully saturated rings. The Kier molecular flexibility index (Phi) is 6.95. The second-order valence-corrected chi connectivity index (χ2v) is 6.42. The molecule has 1 heterocycles. The second kappa shape index (κ2) is 8.22. The van der Waals surface area contributed by atoms with Gasteiger partial charge in [0.1, 0.15) is 5.60 Å². The van der Waals surface area contributed by atoms with Crippen molar-refractivity contribution in [1.29, 1.82) is 0 Å². The number of hydrogen-bond acceptors (Lipinski definition) is 4. The quantitative estimate of drug-likeness (QED) is 0.807. The summed E-state index contributed by atoms with van der Waals surface area (Å²) in [6.07, 6.45) is 2.20. The summed E-state index contributed by atoms with van der Waals surface area (Å²) in [6, 6.07) is 0.237. The van der Waals surface area contributed by atoms with Gasteiger partial charge < -0.3 is 20.3 Å². The van der Waals surface area contributed by atoms with E-state index in [4.69, 9.17) is 4.74 Å². The van der Waals surface area contributed by atoms with Gasteiger partial charge in [-0.25, -0.2) is 4.79 Å². The van der Waals surface area contributed by atoms with Gasteiger partial charge in [0, 0.05) is 38.6 Å². The predicted molar refractivity (Wildman–Crippen MR) is 82.1 cm³/mol. The molecule has 0 bridgehead atoms. The van der Waals surface area contributed by atoms with E-state index >= 15 is 0 Å². The van der Waals surface area contributed by atoms with E-state index in [0.717, 1.165) is 19.4 Å². The number of nitrogens with one attached hydrogen (secondary N) is 2. The molecular weight excluding hydrogens is 270 g/mol. The number of rotatable bonds is 5. The van der Waals surface area contributed by atoms with E-state index in [1.54, 1.807) is 4.90 Å². The lowest BCUT2D eigenvalue weighted by molar-refractivity contribution is -0.120. The highest BCUT2D eigenvalue weighted by Crippen LogP contribution is 2.15. The second-order valence-electron chi connectivity index (χ2n) is 6.42. The van der Waals surface area contributed by atoms with Crippen molar-refractivity contribution in [2.45, 2.75) is 58.6 Å². The molecule has 1 aliphatic rings. The van der Waals surface area contributed by atoms with E-state index < -0.39 is 5.60 Å². The molecule has 0 aliphatic carbocycles. The van der Waals surface area contributed by atoms with Crippen LogP contribution < -0.4 is 10.6 Å². The summed E-state index contributed by atoms with van der Waals surface area (Å²) >= 11 is 0. The fourth-order valence-electron chi connectivity index (χ4n) is 2.31. The summed E-state index contributed by atoms with van der Waals surface area (Å²) in [5, 5.41) is 6.12. The fourth-order valence-corrected chi connectivity index (χ4v) is 2.31. The largest absolute Gasteiger partial charge is 0.444 e. The molecule has 1 saturated heterocycles. The van der Waals surface area contributed by atoms with Crippen LogP contribution in [0.3, 0.4) is 0 Å². The van der Waals surface area contributed by atoms with Crippen LogP contribution in [0.25, 0.3) is 0 Å². The zero-order valence-electron chi connectivity index (χ0n) is 13.7. The standard InChI is InChI=1S/C15H29N3O3/c1-5-16-13(19)8-9-17-12-7-6-10-18(11-12)14(20)21-15(2,3)4/h12,17H,5-11H2,1-4H3,(H,16,19). The van der Waals surface area contributed by atoms with Crippen molar-refractivity contribution in [3.05, 3.63) is 0 Å². The van der Waals surface area contributed by atoms with Gasteiger partial charge in [-0.05, 0) is 40.5 Å². The molecule has 0 aromatic heterocycles. The minimum atomic E-state index is -0.463. The number of nitrogens with zero attached hydrogens (tertiary/aromatic N) is 1. The van der Waals surface area contributed by atoms with Crippen LogP contribution in [0.15, 0.2) is 0 Å². The summed E-state index contributed by atoms with van der Waals surface area (Å²) in [5.74, 6) is 0.0600. The van der Waals surface area contributed by atoms with E-state index in [1.807, 2.05) is 27.7 Å². The van der Waals surface area contributed by atoms with Gasteiger partial charge >= 0.3 is 6.09 Å². The van der Waals surface area contributed by atoms with Gasteiger partial charge in [-0.2, -0.15) is 0 Å². The van der Waals surface area contributed by atoms with Crippen LogP contribution in [-0.4, -0.2) is 54.7 Å². The summed E-state index contributed by atoms with van der Waals surface area (Å²) < 4.78 is 5.40. The first-order chi connectivity index (χ1) is 9.81. The maximum absolute atomic E-state index is 12.0. The fraction of sp³-hybridized carbons (Fsp3) is 0.867. The normalized spacial score (nSPS) is 19.2. The van der Waals surface area contributed by atoms with Crippen molar-refractivity contribution in [3.63, 3.8) is 0 Å². The van der Waals surface area contributed by atoms with E-state index in [9.17, 15) is 9.59 Å². The lowest BCUT2D eigenvalue weighted by atomic mass is 10.1. The number of amides is 2. The zero-order chi connectivity index (χ0) is 15.9. The number of carbonyl (C=O) groups excluding carboxylic acids is 2. The van der Waals surface area contributed by atoms with Crippen molar-refractivity contribution in [2.24, 2.45) is 0 Å². The third-order valence-electron chi connectivity index (χ3n) is 3.23. The molecule has 0 aromatic rings. The summed E-state index contributed by atoms with van der Waals surface area (Å²) in [6.45, 7) is 10.2.